The van der Waals surface area contributed by atoms with E-state index in [1.807, 2.05) is 61.2 Å². The average molecular weight is 450 g/mol. The highest BCUT2D eigenvalue weighted by Gasteiger charge is 2.25. The molecule has 0 aliphatic carbocycles. The van der Waals surface area contributed by atoms with Gasteiger partial charge in [0.1, 0.15) is 11.5 Å². The highest BCUT2D eigenvalue weighted by molar-refractivity contribution is 7.99. The summed E-state index contributed by atoms with van der Waals surface area (Å²) in [6.45, 7) is 6.47. The highest BCUT2D eigenvalue weighted by atomic mass is 32.2. The molecule has 32 heavy (non-hydrogen) atoms. The van der Waals surface area contributed by atoms with Gasteiger partial charge >= 0.3 is 0 Å². The van der Waals surface area contributed by atoms with Crippen molar-refractivity contribution in [3.63, 3.8) is 0 Å². The minimum atomic E-state index is -0.0489. The van der Waals surface area contributed by atoms with Crippen molar-refractivity contribution in [1.82, 2.24) is 9.80 Å². The lowest BCUT2D eigenvalue weighted by Crippen LogP contribution is -2.50. The molecule has 6 nitrogen and oxygen atoms in total. The quantitative estimate of drug-likeness (QED) is 0.603. The Bertz CT molecular complexity index is 1090. The molecule has 1 aliphatic heterocycles. The van der Waals surface area contributed by atoms with Crippen LogP contribution in [0.3, 0.4) is 0 Å². The van der Waals surface area contributed by atoms with Gasteiger partial charge in [-0.15, -0.1) is 0 Å². The van der Waals surface area contributed by atoms with E-state index >= 15 is 0 Å². The zero-order chi connectivity index (χ0) is 22.5. The Morgan fingerprint density at radius 2 is 1.66 bits per heavy atom. The lowest BCUT2D eigenvalue weighted by Gasteiger charge is -2.34. The van der Waals surface area contributed by atoms with Gasteiger partial charge in [-0.25, -0.2) is 0 Å². The van der Waals surface area contributed by atoms with Crippen molar-refractivity contribution in [3.05, 3.63) is 77.7 Å². The van der Waals surface area contributed by atoms with Gasteiger partial charge in [0.25, 0.3) is 5.91 Å². The third kappa shape index (κ3) is 5.41. The Labute approximate surface area is 192 Å². The molecule has 0 radical (unpaired) electrons. The third-order valence-electron chi connectivity index (χ3n) is 5.43. The largest absolute Gasteiger partial charge is 0.466 e. The molecule has 4 rings (SSSR count). The summed E-state index contributed by atoms with van der Waals surface area (Å²) in [4.78, 5) is 31.5. The van der Waals surface area contributed by atoms with E-state index in [0.29, 0.717) is 44.0 Å². The smallest absolute Gasteiger partial charge is 0.257 e. The number of furan rings is 1. The monoisotopic (exact) mass is 449 g/mol. The number of amides is 2. The van der Waals surface area contributed by atoms with E-state index in [4.69, 9.17) is 4.42 Å². The minimum Gasteiger partial charge on any atom is -0.466 e. The Morgan fingerprint density at radius 1 is 0.969 bits per heavy atom. The lowest BCUT2D eigenvalue weighted by atomic mass is 10.2. The van der Waals surface area contributed by atoms with E-state index in [-0.39, 0.29) is 11.8 Å². The Morgan fingerprint density at radius 3 is 2.34 bits per heavy atom. The molecule has 1 saturated heterocycles. The first-order valence-electron chi connectivity index (χ1n) is 10.7. The molecule has 7 heteroatoms. The lowest BCUT2D eigenvalue weighted by molar-refractivity contribution is -0.117. The second-order valence-corrected chi connectivity index (χ2v) is 8.97. The molecule has 2 aromatic carbocycles. The molecule has 0 spiro atoms. The van der Waals surface area contributed by atoms with Gasteiger partial charge in [-0.3, -0.25) is 14.5 Å². The van der Waals surface area contributed by atoms with Crippen molar-refractivity contribution in [2.45, 2.75) is 23.6 Å². The molecule has 2 heterocycles. The summed E-state index contributed by atoms with van der Waals surface area (Å²) >= 11 is 1.63. The maximum Gasteiger partial charge on any atom is 0.257 e. The van der Waals surface area contributed by atoms with Crippen molar-refractivity contribution in [2.24, 2.45) is 0 Å². The van der Waals surface area contributed by atoms with E-state index in [2.05, 4.69) is 22.3 Å². The van der Waals surface area contributed by atoms with Gasteiger partial charge in [0.2, 0.25) is 5.91 Å². The fourth-order valence-electron chi connectivity index (χ4n) is 3.79. The molecule has 1 aromatic heterocycles. The number of nitrogens with zero attached hydrogens (tertiary/aromatic N) is 2. The van der Waals surface area contributed by atoms with Gasteiger partial charge in [-0.1, -0.05) is 42.1 Å². The van der Waals surface area contributed by atoms with E-state index < -0.39 is 0 Å². The van der Waals surface area contributed by atoms with E-state index in [1.54, 1.807) is 17.8 Å². The first-order chi connectivity index (χ1) is 15.5. The molecule has 0 bridgehead atoms. The first kappa shape index (κ1) is 22.2. The molecule has 166 valence electrons. The van der Waals surface area contributed by atoms with Gasteiger partial charge in [-0.05, 0) is 44.2 Å². The molecule has 1 fully saturated rings. The number of benzene rings is 2. The van der Waals surface area contributed by atoms with Gasteiger partial charge in [0, 0.05) is 36.0 Å². The molecule has 1 N–H and O–H groups in total. The van der Waals surface area contributed by atoms with Crippen LogP contribution in [0.4, 0.5) is 5.69 Å². The Kier molecular flexibility index (Phi) is 6.97. The van der Waals surface area contributed by atoms with Gasteiger partial charge in [-0.2, -0.15) is 0 Å². The van der Waals surface area contributed by atoms with Crippen LogP contribution in [0, 0.1) is 13.8 Å². The summed E-state index contributed by atoms with van der Waals surface area (Å²) < 4.78 is 5.49. The number of aryl methyl sites for hydroxylation is 2. The average Bonchev–Trinajstić information content (AvgIpc) is 3.13. The zero-order valence-corrected chi connectivity index (χ0v) is 19.2. The number of anilines is 1. The molecular formula is C25H27N3O3S. The first-order valence-corrected chi connectivity index (χ1v) is 11.5. The topological polar surface area (TPSA) is 65.8 Å². The van der Waals surface area contributed by atoms with Crippen LogP contribution in [-0.4, -0.2) is 54.3 Å². The summed E-state index contributed by atoms with van der Waals surface area (Å²) in [5.41, 5.74) is 1.44. The summed E-state index contributed by atoms with van der Waals surface area (Å²) in [5.74, 6) is 1.34. The number of hydrogen-bond donors (Lipinski definition) is 1. The van der Waals surface area contributed by atoms with Crippen LogP contribution in [0.15, 0.2) is 74.9 Å². The maximum absolute atomic E-state index is 12.8. The van der Waals surface area contributed by atoms with Crippen molar-refractivity contribution >= 4 is 29.3 Å². The molecule has 0 unspecified atom stereocenters. The predicted octanol–water partition coefficient (Wildman–Crippen LogP) is 4.44. The van der Waals surface area contributed by atoms with Crippen LogP contribution in [0.25, 0.3) is 0 Å². The minimum absolute atomic E-state index is 0.00434. The Hall–Kier alpha value is -3.03. The van der Waals surface area contributed by atoms with Crippen LogP contribution >= 0.6 is 11.8 Å². The van der Waals surface area contributed by atoms with E-state index in [9.17, 15) is 9.59 Å². The molecule has 3 aromatic rings. The predicted molar refractivity (Wildman–Crippen MR) is 126 cm³/mol. The number of piperazine rings is 1. The molecule has 0 atom stereocenters. The van der Waals surface area contributed by atoms with Crippen LogP contribution in [0.5, 0.6) is 0 Å². The molecule has 2 amide bonds. The summed E-state index contributed by atoms with van der Waals surface area (Å²) in [7, 11) is 0. The molecule has 1 aliphatic rings. The van der Waals surface area contributed by atoms with E-state index in [0.717, 1.165) is 21.2 Å². The van der Waals surface area contributed by atoms with Gasteiger partial charge in [0.05, 0.1) is 17.8 Å². The number of rotatable bonds is 6. The third-order valence-corrected chi connectivity index (χ3v) is 6.51. The second-order valence-electron chi connectivity index (χ2n) is 7.85. The highest BCUT2D eigenvalue weighted by Crippen LogP contribution is 2.33. The van der Waals surface area contributed by atoms with Crippen LogP contribution < -0.4 is 5.32 Å². The zero-order valence-electron chi connectivity index (χ0n) is 18.3. The number of hydrogen-bond acceptors (Lipinski definition) is 5. The summed E-state index contributed by atoms with van der Waals surface area (Å²) in [5, 5.41) is 3.05. The summed E-state index contributed by atoms with van der Waals surface area (Å²) in [6.07, 6.45) is 0. The number of carbonyl (C=O) groups excluding carboxylic acids is 2. The van der Waals surface area contributed by atoms with Crippen LogP contribution in [0.2, 0.25) is 0 Å². The number of para-hydroxylation sites is 1. The maximum atomic E-state index is 12.8. The fraction of sp³-hybridized carbons (Fsp3) is 0.280. The van der Waals surface area contributed by atoms with E-state index in [1.165, 1.54) is 0 Å². The van der Waals surface area contributed by atoms with Crippen LogP contribution in [-0.2, 0) is 4.79 Å². The van der Waals surface area contributed by atoms with Crippen LogP contribution in [0.1, 0.15) is 21.9 Å². The Balaban J connectivity index is 1.30. The van der Waals surface area contributed by atoms with Crippen molar-refractivity contribution in [1.29, 1.82) is 0 Å². The van der Waals surface area contributed by atoms with Crippen molar-refractivity contribution in [2.75, 3.05) is 38.0 Å². The molecule has 0 saturated carbocycles. The normalized spacial score (nSPS) is 14.4. The van der Waals surface area contributed by atoms with Gasteiger partial charge < -0.3 is 14.6 Å². The summed E-state index contributed by atoms with van der Waals surface area (Å²) in [6, 6.07) is 19.7. The van der Waals surface area contributed by atoms with Gasteiger partial charge in [0.15, 0.2) is 0 Å². The number of nitrogens with one attached hydrogen (secondary N) is 1. The SMILES string of the molecule is Cc1cc(C(=O)N2CCN(CC(=O)Nc3ccccc3Sc3ccccc3)CC2)c(C)o1. The molecular weight excluding hydrogens is 422 g/mol. The standard InChI is InChI=1S/C25H27N3O3S/c1-18-16-21(19(2)31-18)25(30)28-14-12-27(13-15-28)17-24(29)26-22-10-6-7-11-23(22)32-20-8-4-3-5-9-20/h3-11,16H,12-15,17H2,1-2H3,(H,26,29). The second kappa shape index (κ2) is 10.1. The van der Waals surface area contributed by atoms with Crippen molar-refractivity contribution in [3.8, 4) is 0 Å². The number of carbonyl (C=O) groups is 2. The fourth-order valence-corrected chi connectivity index (χ4v) is 4.71. The van der Waals surface area contributed by atoms with Crippen molar-refractivity contribution < 1.29 is 14.0 Å².